The minimum atomic E-state index is 0.931. The van der Waals surface area contributed by atoms with Gasteiger partial charge >= 0.3 is 0 Å². The van der Waals surface area contributed by atoms with Crippen LogP contribution in [-0.4, -0.2) is 50.8 Å². The van der Waals surface area contributed by atoms with Crippen LogP contribution < -0.4 is 5.32 Å². The summed E-state index contributed by atoms with van der Waals surface area (Å²) < 4.78 is 5.20. The zero-order chi connectivity index (χ0) is 15.4. The van der Waals surface area contributed by atoms with Gasteiger partial charge in [-0.05, 0) is 32.5 Å². The number of hydrogen-bond acceptors (Lipinski definition) is 3. The van der Waals surface area contributed by atoms with Crippen molar-refractivity contribution >= 4 is 0 Å². The van der Waals surface area contributed by atoms with Gasteiger partial charge in [0.25, 0.3) is 0 Å². The van der Waals surface area contributed by atoms with E-state index in [1.54, 1.807) is 0 Å². The number of hydrogen-bond donors (Lipinski definition) is 1. The van der Waals surface area contributed by atoms with E-state index in [2.05, 4.69) is 31.0 Å². The maximum atomic E-state index is 5.20. The average molecular weight is 277 g/mol. The highest BCUT2D eigenvalue weighted by molar-refractivity contribution is 4.59. The Hall–Kier alpha value is -0.120. The minimum absolute atomic E-state index is 0.931. The summed E-state index contributed by atoms with van der Waals surface area (Å²) >= 11 is 0. The van der Waals surface area contributed by atoms with E-state index in [1.165, 1.54) is 19.4 Å². The van der Waals surface area contributed by atoms with Gasteiger partial charge in [-0.1, -0.05) is 48.5 Å². The summed E-state index contributed by atoms with van der Waals surface area (Å²) in [5, 5.41) is 3.20. The van der Waals surface area contributed by atoms with Crippen molar-refractivity contribution in [2.45, 2.75) is 61.3 Å². The van der Waals surface area contributed by atoms with Crippen LogP contribution in [0.25, 0.3) is 0 Å². The molecule has 3 heteroatoms. The van der Waals surface area contributed by atoms with Crippen molar-refractivity contribution in [3.05, 3.63) is 0 Å². The van der Waals surface area contributed by atoms with Gasteiger partial charge in [0.2, 0.25) is 0 Å². The molecule has 0 saturated carbocycles. The second-order valence-electron chi connectivity index (χ2n) is 3.81. The zero-order valence-corrected chi connectivity index (χ0v) is 14.7. The third kappa shape index (κ3) is 23.4. The number of nitrogens with zero attached hydrogens (tertiary/aromatic N) is 1. The molecule has 19 heavy (non-hydrogen) atoms. The van der Waals surface area contributed by atoms with Crippen molar-refractivity contribution in [1.29, 1.82) is 0 Å². The lowest BCUT2D eigenvalue weighted by Gasteiger charge is -2.25. The van der Waals surface area contributed by atoms with Gasteiger partial charge in [-0.25, -0.2) is 0 Å². The average Bonchev–Trinajstić information content (AvgIpc) is 2.51. The SMILES string of the molecule is CC.CC.CCCN1CCOCC1.CCCNCC. The van der Waals surface area contributed by atoms with Crippen LogP contribution in [0.3, 0.4) is 0 Å². The molecule has 0 unspecified atom stereocenters. The molecule has 1 aliphatic rings. The molecule has 0 aliphatic carbocycles. The van der Waals surface area contributed by atoms with E-state index in [-0.39, 0.29) is 0 Å². The van der Waals surface area contributed by atoms with Gasteiger partial charge < -0.3 is 10.1 Å². The molecule has 1 heterocycles. The summed E-state index contributed by atoms with van der Waals surface area (Å²) in [7, 11) is 0. The molecule has 1 rings (SSSR count). The number of morpholine rings is 1. The Morgan fingerprint density at radius 3 is 1.74 bits per heavy atom. The van der Waals surface area contributed by atoms with Crippen molar-refractivity contribution in [3.8, 4) is 0 Å². The first-order valence-electron chi connectivity index (χ1n) is 8.35. The molecule has 0 aromatic heterocycles. The van der Waals surface area contributed by atoms with Crippen LogP contribution in [0.1, 0.15) is 61.3 Å². The van der Waals surface area contributed by atoms with E-state index in [4.69, 9.17) is 4.74 Å². The van der Waals surface area contributed by atoms with Gasteiger partial charge in [0, 0.05) is 13.1 Å². The molecule has 0 amide bonds. The van der Waals surface area contributed by atoms with Gasteiger partial charge in [-0.3, -0.25) is 4.90 Å². The maximum Gasteiger partial charge on any atom is 0.0594 e. The van der Waals surface area contributed by atoms with E-state index in [9.17, 15) is 0 Å². The molecule has 0 spiro atoms. The molecular formula is C16H40N2O. The summed E-state index contributed by atoms with van der Waals surface area (Å²) in [6, 6.07) is 0. The van der Waals surface area contributed by atoms with Crippen LogP contribution in [0.15, 0.2) is 0 Å². The molecule has 0 aromatic carbocycles. The Morgan fingerprint density at radius 2 is 1.42 bits per heavy atom. The first-order chi connectivity index (χ1) is 9.35. The molecule has 0 radical (unpaired) electrons. The molecule has 3 nitrogen and oxygen atoms in total. The largest absolute Gasteiger partial charge is 0.379 e. The molecule has 0 atom stereocenters. The van der Waals surface area contributed by atoms with Crippen LogP contribution in [0.5, 0.6) is 0 Å². The summed E-state index contributed by atoms with van der Waals surface area (Å²) in [6.07, 6.45) is 2.51. The van der Waals surface area contributed by atoms with Gasteiger partial charge in [-0.2, -0.15) is 0 Å². The Morgan fingerprint density at radius 1 is 0.895 bits per heavy atom. The van der Waals surface area contributed by atoms with Crippen LogP contribution in [0, 0.1) is 0 Å². The van der Waals surface area contributed by atoms with E-state index < -0.39 is 0 Å². The van der Waals surface area contributed by atoms with Gasteiger partial charge in [0.1, 0.15) is 0 Å². The smallest absolute Gasteiger partial charge is 0.0594 e. The second kappa shape index (κ2) is 26.4. The normalized spacial score (nSPS) is 14.1. The Kier molecular flexibility index (Phi) is 33.3. The highest BCUT2D eigenvalue weighted by Crippen LogP contribution is 1.96. The highest BCUT2D eigenvalue weighted by atomic mass is 16.5. The summed E-state index contributed by atoms with van der Waals surface area (Å²) in [6.45, 7) is 22.1. The van der Waals surface area contributed by atoms with Crippen molar-refractivity contribution in [3.63, 3.8) is 0 Å². The van der Waals surface area contributed by atoms with Gasteiger partial charge in [0.05, 0.1) is 13.2 Å². The second-order valence-corrected chi connectivity index (χ2v) is 3.81. The summed E-state index contributed by atoms with van der Waals surface area (Å²) in [4.78, 5) is 2.45. The third-order valence-corrected chi connectivity index (χ3v) is 2.32. The number of nitrogens with one attached hydrogen (secondary N) is 1. The molecule has 1 saturated heterocycles. The lowest BCUT2D eigenvalue weighted by molar-refractivity contribution is 0.0380. The zero-order valence-electron chi connectivity index (χ0n) is 14.7. The molecule has 120 valence electrons. The Bertz CT molecular complexity index is 109. The molecule has 0 bridgehead atoms. The van der Waals surface area contributed by atoms with E-state index in [0.717, 1.165) is 39.4 Å². The quantitative estimate of drug-likeness (QED) is 0.773. The monoisotopic (exact) mass is 276 g/mol. The summed E-state index contributed by atoms with van der Waals surface area (Å²) in [5.41, 5.74) is 0. The predicted molar refractivity (Wildman–Crippen MR) is 89.1 cm³/mol. The van der Waals surface area contributed by atoms with Gasteiger partial charge in [0.15, 0.2) is 0 Å². The number of rotatable bonds is 5. The standard InChI is InChI=1S/C7H15NO.C5H13N.2C2H6/c1-2-3-8-4-6-9-7-5-8;1-3-5-6-4-2;2*1-2/h2-7H2,1H3;6H,3-5H2,1-2H3;2*1-2H3. The lowest BCUT2D eigenvalue weighted by atomic mass is 10.4. The first-order valence-corrected chi connectivity index (χ1v) is 8.35. The fourth-order valence-electron chi connectivity index (χ4n) is 1.49. The van der Waals surface area contributed by atoms with Crippen molar-refractivity contribution in [2.24, 2.45) is 0 Å². The Labute approximate surface area is 123 Å². The molecule has 1 aliphatic heterocycles. The van der Waals surface area contributed by atoms with Crippen LogP contribution >= 0.6 is 0 Å². The van der Waals surface area contributed by atoms with Crippen molar-refractivity contribution < 1.29 is 4.74 Å². The van der Waals surface area contributed by atoms with Crippen LogP contribution in [-0.2, 0) is 4.74 Å². The predicted octanol–water partition coefficient (Wildman–Crippen LogP) is 3.79. The third-order valence-electron chi connectivity index (χ3n) is 2.32. The molecule has 1 fully saturated rings. The molecule has 1 N–H and O–H groups in total. The van der Waals surface area contributed by atoms with Crippen molar-refractivity contribution in [2.75, 3.05) is 45.9 Å². The topological polar surface area (TPSA) is 24.5 Å². The molecule has 0 aromatic rings. The summed E-state index contributed by atoms with van der Waals surface area (Å²) in [5.74, 6) is 0. The molecular weight excluding hydrogens is 236 g/mol. The first kappa shape index (κ1) is 23.9. The fraction of sp³-hybridized carbons (Fsp3) is 1.00. The van der Waals surface area contributed by atoms with E-state index in [0.29, 0.717) is 0 Å². The Balaban J connectivity index is -0.000000224. The van der Waals surface area contributed by atoms with Crippen LogP contribution in [0.4, 0.5) is 0 Å². The number of ether oxygens (including phenoxy) is 1. The lowest BCUT2D eigenvalue weighted by Crippen LogP contribution is -2.36. The van der Waals surface area contributed by atoms with E-state index >= 15 is 0 Å². The maximum absolute atomic E-state index is 5.20. The van der Waals surface area contributed by atoms with Crippen molar-refractivity contribution in [1.82, 2.24) is 10.2 Å². The highest BCUT2D eigenvalue weighted by Gasteiger charge is 2.07. The minimum Gasteiger partial charge on any atom is -0.379 e. The fourth-order valence-corrected chi connectivity index (χ4v) is 1.49. The van der Waals surface area contributed by atoms with Crippen LogP contribution in [0.2, 0.25) is 0 Å². The van der Waals surface area contributed by atoms with E-state index in [1.807, 2.05) is 27.7 Å². The van der Waals surface area contributed by atoms with Gasteiger partial charge in [-0.15, -0.1) is 0 Å².